The van der Waals surface area contributed by atoms with Gasteiger partial charge in [0.1, 0.15) is 6.61 Å². The van der Waals surface area contributed by atoms with Gasteiger partial charge < -0.3 is 19.5 Å². The van der Waals surface area contributed by atoms with Crippen LogP contribution in [0.25, 0.3) is 0 Å². The standard InChI is InChI=1S/C37H41Cl2NO6/c1-7-8-21-13-23(14-30(45-6)35(21)46-20-22-9-10-24(38)15-25(22)39)32-33-26(16-36(2,3)18-28(33)41)40(12-11-31(43)44)27-17-37(4,5)19-29(42)34(27)32/h7,9-10,13-15,32H,1,8,11-12,16-20H2,2-6H3,(H,43,44). The van der Waals surface area contributed by atoms with Gasteiger partial charge in [0.2, 0.25) is 0 Å². The van der Waals surface area contributed by atoms with Crippen LogP contribution in [0.1, 0.15) is 82.4 Å². The summed E-state index contributed by atoms with van der Waals surface area (Å²) in [6, 6.07) is 9.07. The molecule has 0 unspecified atom stereocenters. The summed E-state index contributed by atoms with van der Waals surface area (Å²) in [7, 11) is 1.56. The van der Waals surface area contributed by atoms with E-state index in [4.69, 9.17) is 32.7 Å². The van der Waals surface area contributed by atoms with E-state index in [9.17, 15) is 19.5 Å². The van der Waals surface area contributed by atoms with Gasteiger partial charge in [-0.3, -0.25) is 14.4 Å². The second kappa shape index (κ2) is 12.9. The topological polar surface area (TPSA) is 93.1 Å². The highest BCUT2D eigenvalue weighted by atomic mass is 35.5. The minimum atomic E-state index is -0.927. The molecule has 2 aliphatic carbocycles. The van der Waals surface area contributed by atoms with Gasteiger partial charge in [0.25, 0.3) is 0 Å². The van der Waals surface area contributed by atoms with E-state index in [1.54, 1.807) is 25.3 Å². The van der Waals surface area contributed by atoms with E-state index in [0.717, 1.165) is 28.1 Å². The SMILES string of the molecule is C=CCc1cc(C2C3=C(CC(C)(C)CC3=O)N(CCC(=O)O)C3=C2C(=O)CC(C)(C)C3)cc(OC)c1OCc1ccc(Cl)cc1Cl. The summed E-state index contributed by atoms with van der Waals surface area (Å²) in [6.07, 6.45) is 3.96. The van der Waals surface area contributed by atoms with Crippen LogP contribution in [-0.4, -0.2) is 41.2 Å². The lowest BCUT2D eigenvalue weighted by Crippen LogP contribution is -2.45. The largest absolute Gasteiger partial charge is 0.493 e. The van der Waals surface area contributed by atoms with Crippen molar-refractivity contribution in [2.45, 2.75) is 78.7 Å². The zero-order valence-electron chi connectivity index (χ0n) is 27.1. The van der Waals surface area contributed by atoms with E-state index >= 15 is 0 Å². The number of methoxy groups -OCH3 is 1. The maximum absolute atomic E-state index is 14.1. The van der Waals surface area contributed by atoms with E-state index in [0.29, 0.717) is 64.8 Å². The van der Waals surface area contributed by atoms with E-state index in [2.05, 4.69) is 34.3 Å². The molecule has 2 aromatic carbocycles. The number of Topliss-reactive ketones (excluding diaryl/α,β-unsaturated/α-hetero) is 2. The molecule has 0 spiro atoms. The van der Waals surface area contributed by atoms with Crippen molar-refractivity contribution in [3.8, 4) is 11.5 Å². The zero-order valence-corrected chi connectivity index (χ0v) is 28.6. The minimum Gasteiger partial charge on any atom is -0.493 e. The number of hydrogen-bond acceptors (Lipinski definition) is 6. The normalized spacial score (nSPS) is 19.2. The number of carboxylic acids is 1. The van der Waals surface area contributed by atoms with Gasteiger partial charge in [-0.15, -0.1) is 6.58 Å². The molecule has 0 atom stereocenters. The number of allylic oxidation sites excluding steroid dienone is 5. The van der Waals surface area contributed by atoms with Gasteiger partial charge in [-0.25, -0.2) is 0 Å². The summed E-state index contributed by atoms with van der Waals surface area (Å²) in [5.74, 6) is -0.611. The Hall–Kier alpha value is -3.55. The molecule has 1 heterocycles. The van der Waals surface area contributed by atoms with Crippen molar-refractivity contribution in [1.82, 2.24) is 4.90 Å². The first-order valence-electron chi connectivity index (χ1n) is 15.5. The van der Waals surface area contributed by atoms with Crippen LogP contribution in [0.5, 0.6) is 11.5 Å². The Bertz CT molecular complexity index is 1630. The number of nitrogens with zero attached hydrogens (tertiary/aromatic N) is 1. The summed E-state index contributed by atoms with van der Waals surface area (Å²) in [6.45, 7) is 12.6. The molecule has 5 rings (SSSR count). The number of carbonyl (C=O) groups excluding carboxylic acids is 2. The van der Waals surface area contributed by atoms with Crippen LogP contribution in [0, 0.1) is 10.8 Å². The third kappa shape index (κ3) is 6.77. The average Bonchev–Trinajstić information content (AvgIpc) is 2.94. The molecule has 0 saturated heterocycles. The first-order valence-corrected chi connectivity index (χ1v) is 16.3. The predicted octanol–water partition coefficient (Wildman–Crippen LogP) is 8.47. The molecule has 0 saturated carbocycles. The fourth-order valence-corrected chi connectivity index (χ4v) is 7.58. The van der Waals surface area contributed by atoms with Crippen LogP contribution in [0.2, 0.25) is 10.0 Å². The number of hydrogen-bond donors (Lipinski definition) is 1. The van der Waals surface area contributed by atoms with E-state index in [1.807, 2.05) is 23.1 Å². The Labute approximate surface area is 280 Å². The van der Waals surface area contributed by atoms with Crippen LogP contribution >= 0.6 is 23.2 Å². The molecule has 1 N–H and O–H groups in total. The molecule has 0 fully saturated rings. The maximum Gasteiger partial charge on any atom is 0.305 e. The van der Waals surface area contributed by atoms with Crippen molar-refractivity contribution >= 4 is 40.7 Å². The molecule has 7 nitrogen and oxygen atoms in total. The number of carboxylic acid groups (broad SMARTS) is 1. The Kier molecular flexibility index (Phi) is 9.49. The smallest absolute Gasteiger partial charge is 0.305 e. The lowest BCUT2D eigenvalue weighted by molar-refractivity contribution is -0.137. The number of aliphatic carboxylic acids is 1. The Morgan fingerprint density at radius 1 is 0.978 bits per heavy atom. The van der Waals surface area contributed by atoms with Gasteiger partial charge >= 0.3 is 5.97 Å². The van der Waals surface area contributed by atoms with E-state index in [1.165, 1.54) is 0 Å². The highest BCUT2D eigenvalue weighted by molar-refractivity contribution is 6.35. The van der Waals surface area contributed by atoms with Crippen molar-refractivity contribution in [1.29, 1.82) is 0 Å². The number of ketones is 2. The number of rotatable bonds is 10. The van der Waals surface area contributed by atoms with E-state index < -0.39 is 11.9 Å². The fourth-order valence-electron chi connectivity index (χ4n) is 7.12. The van der Waals surface area contributed by atoms with Gasteiger partial charge in [0.15, 0.2) is 23.1 Å². The summed E-state index contributed by atoms with van der Waals surface area (Å²) in [5, 5.41) is 10.7. The van der Waals surface area contributed by atoms with Crippen molar-refractivity contribution < 1.29 is 29.0 Å². The van der Waals surface area contributed by atoms with Crippen LogP contribution < -0.4 is 9.47 Å². The van der Waals surface area contributed by atoms with E-state index in [-0.39, 0.29) is 42.0 Å². The molecule has 1 aliphatic heterocycles. The molecule has 46 heavy (non-hydrogen) atoms. The Morgan fingerprint density at radius 3 is 2.11 bits per heavy atom. The first kappa shape index (κ1) is 33.8. The predicted molar refractivity (Wildman–Crippen MR) is 179 cm³/mol. The number of carbonyl (C=O) groups is 3. The van der Waals surface area contributed by atoms with Crippen LogP contribution in [-0.2, 0) is 27.4 Å². The molecule has 9 heteroatoms. The first-order chi connectivity index (χ1) is 21.6. The van der Waals surface area contributed by atoms with Gasteiger partial charge in [-0.2, -0.15) is 0 Å². The molecule has 0 radical (unpaired) electrons. The summed E-state index contributed by atoms with van der Waals surface area (Å²) < 4.78 is 12.2. The van der Waals surface area contributed by atoms with Gasteiger partial charge in [-0.1, -0.05) is 69.1 Å². The number of benzene rings is 2. The quantitative estimate of drug-likeness (QED) is 0.254. The zero-order chi connectivity index (χ0) is 33.6. The Morgan fingerprint density at radius 2 is 1.59 bits per heavy atom. The lowest BCUT2D eigenvalue weighted by Gasteiger charge is -2.49. The van der Waals surface area contributed by atoms with Crippen molar-refractivity contribution in [2.24, 2.45) is 10.8 Å². The second-order valence-corrected chi connectivity index (χ2v) is 14.9. The fraction of sp³-hybridized carbons (Fsp3) is 0.432. The summed E-state index contributed by atoms with van der Waals surface area (Å²) in [5.41, 5.74) is 4.45. The average molecular weight is 667 g/mol. The molecule has 0 bridgehead atoms. The minimum absolute atomic E-state index is 0.0253. The second-order valence-electron chi connectivity index (χ2n) is 14.1. The van der Waals surface area contributed by atoms with Crippen molar-refractivity contribution in [2.75, 3.05) is 13.7 Å². The molecule has 3 aliphatic rings. The van der Waals surface area contributed by atoms with Gasteiger partial charge in [-0.05, 0) is 53.9 Å². The van der Waals surface area contributed by atoms with Gasteiger partial charge in [0, 0.05) is 69.0 Å². The summed E-state index contributed by atoms with van der Waals surface area (Å²) in [4.78, 5) is 42.0. The third-order valence-electron chi connectivity index (χ3n) is 9.03. The highest BCUT2D eigenvalue weighted by Gasteiger charge is 2.49. The van der Waals surface area contributed by atoms with Crippen molar-refractivity contribution in [3.05, 3.63) is 92.3 Å². The highest BCUT2D eigenvalue weighted by Crippen LogP contribution is 2.55. The molecule has 244 valence electrons. The lowest BCUT2D eigenvalue weighted by atomic mass is 9.63. The molecule has 0 aromatic heterocycles. The monoisotopic (exact) mass is 665 g/mol. The molecule has 2 aromatic rings. The maximum atomic E-state index is 14.1. The van der Waals surface area contributed by atoms with Crippen LogP contribution in [0.4, 0.5) is 0 Å². The third-order valence-corrected chi connectivity index (χ3v) is 9.62. The molecular formula is C37H41Cl2NO6. The van der Waals surface area contributed by atoms with Crippen LogP contribution in [0.15, 0.2) is 65.5 Å². The molecular weight excluding hydrogens is 625 g/mol. The summed E-state index contributed by atoms with van der Waals surface area (Å²) >= 11 is 12.5. The van der Waals surface area contributed by atoms with Crippen molar-refractivity contribution in [3.63, 3.8) is 0 Å². The van der Waals surface area contributed by atoms with Crippen LogP contribution in [0.3, 0.4) is 0 Å². The van der Waals surface area contributed by atoms with Gasteiger partial charge in [0.05, 0.1) is 13.5 Å². The Balaban J connectivity index is 1.70. The number of ether oxygens (including phenoxy) is 2. The number of halogens is 2. The molecule has 0 amide bonds.